The Balaban J connectivity index is 1.87. The van der Waals surface area contributed by atoms with E-state index < -0.39 is 0 Å². The molecule has 3 aromatic heterocycles. The first-order chi connectivity index (χ1) is 8.74. The first kappa shape index (κ1) is 11.2. The molecule has 0 atom stereocenters. The number of hydrogen-bond donors (Lipinski definition) is 1. The van der Waals surface area contributed by atoms with Crippen LogP contribution < -0.4 is 5.32 Å². The molecule has 0 unspecified atom stereocenters. The van der Waals surface area contributed by atoms with Crippen molar-refractivity contribution in [2.45, 2.75) is 13.5 Å². The van der Waals surface area contributed by atoms with Gasteiger partial charge < -0.3 is 5.32 Å². The van der Waals surface area contributed by atoms with Crippen LogP contribution in [0.2, 0.25) is 0 Å². The summed E-state index contributed by atoms with van der Waals surface area (Å²) in [5.74, 6) is 0. The summed E-state index contributed by atoms with van der Waals surface area (Å²) >= 11 is 1.64. The molecule has 3 aromatic rings. The predicted molar refractivity (Wildman–Crippen MR) is 72.7 cm³/mol. The molecule has 0 aromatic carbocycles. The fraction of sp³-hybridized carbons (Fsp3) is 0.250. The fourth-order valence-corrected chi connectivity index (χ4v) is 2.48. The van der Waals surface area contributed by atoms with Gasteiger partial charge in [-0.05, 0) is 13.0 Å². The summed E-state index contributed by atoms with van der Waals surface area (Å²) in [4.78, 5) is 8.66. The summed E-state index contributed by atoms with van der Waals surface area (Å²) in [6, 6.07) is 2.08. The Bertz CT molecular complexity index is 671. The predicted octanol–water partition coefficient (Wildman–Crippen LogP) is 2.35. The third kappa shape index (κ3) is 1.95. The lowest BCUT2D eigenvalue weighted by atomic mass is 10.2. The molecule has 0 bridgehead atoms. The van der Waals surface area contributed by atoms with Crippen molar-refractivity contribution in [1.82, 2.24) is 19.7 Å². The second-order valence-electron chi connectivity index (χ2n) is 4.08. The monoisotopic (exact) mass is 259 g/mol. The van der Waals surface area contributed by atoms with Crippen LogP contribution in [0.3, 0.4) is 0 Å². The molecule has 0 fully saturated rings. The lowest BCUT2D eigenvalue weighted by Gasteiger charge is -2.03. The zero-order valence-corrected chi connectivity index (χ0v) is 11.0. The largest absolute Gasteiger partial charge is 0.377 e. The number of aryl methyl sites for hydroxylation is 2. The van der Waals surface area contributed by atoms with E-state index in [4.69, 9.17) is 0 Å². The maximum Gasteiger partial charge on any atom is 0.157 e. The number of pyridine rings is 1. The molecule has 92 valence electrons. The maximum atomic E-state index is 4.42. The van der Waals surface area contributed by atoms with Crippen molar-refractivity contribution in [1.29, 1.82) is 0 Å². The van der Waals surface area contributed by atoms with Crippen LogP contribution in [0.25, 0.3) is 11.0 Å². The Labute approximate surface area is 109 Å². The van der Waals surface area contributed by atoms with E-state index in [1.54, 1.807) is 16.0 Å². The van der Waals surface area contributed by atoms with Gasteiger partial charge >= 0.3 is 0 Å². The zero-order chi connectivity index (χ0) is 12.5. The molecule has 0 aliphatic heterocycles. The Kier molecular flexibility index (Phi) is 2.71. The van der Waals surface area contributed by atoms with E-state index in [-0.39, 0.29) is 0 Å². The molecule has 6 heteroatoms. The van der Waals surface area contributed by atoms with E-state index >= 15 is 0 Å². The number of nitrogens with zero attached hydrogens (tertiary/aromatic N) is 4. The maximum absolute atomic E-state index is 4.42. The molecule has 1 N–H and O–H groups in total. The summed E-state index contributed by atoms with van der Waals surface area (Å²) in [5, 5.41) is 11.8. The highest BCUT2D eigenvalue weighted by Gasteiger charge is 2.06. The van der Waals surface area contributed by atoms with Crippen molar-refractivity contribution in [3.63, 3.8) is 0 Å². The minimum Gasteiger partial charge on any atom is -0.377 e. The summed E-state index contributed by atoms with van der Waals surface area (Å²) in [7, 11) is 1.91. The minimum atomic E-state index is 0.726. The Morgan fingerprint density at radius 1 is 1.39 bits per heavy atom. The van der Waals surface area contributed by atoms with Crippen LogP contribution >= 0.6 is 11.3 Å². The molecule has 5 nitrogen and oxygen atoms in total. The van der Waals surface area contributed by atoms with Gasteiger partial charge in [0.15, 0.2) is 5.65 Å². The zero-order valence-electron chi connectivity index (χ0n) is 10.2. The average molecular weight is 259 g/mol. The molecule has 0 amide bonds. The van der Waals surface area contributed by atoms with Crippen LogP contribution in [-0.4, -0.2) is 19.7 Å². The summed E-state index contributed by atoms with van der Waals surface area (Å²) < 4.78 is 1.80. The summed E-state index contributed by atoms with van der Waals surface area (Å²) in [5.41, 5.74) is 2.90. The van der Waals surface area contributed by atoms with Crippen molar-refractivity contribution in [3.05, 3.63) is 34.5 Å². The van der Waals surface area contributed by atoms with Crippen molar-refractivity contribution < 1.29 is 0 Å². The SMILES string of the molecule is Cc1nn(C)c2ncc(NCc3nccs3)cc12. The van der Waals surface area contributed by atoms with E-state index in [9.17, 15) is 0 Å². The Morgan fingerprint density at radius 2 is 2.28 bits per heavy atom. The van der Waals surface area contributed by atoms with E-state index in [0.29, 0.717) is 0 Å². The molecule has 0 spiro atoms. The van der Waals surface area contributed by atoms with Gasteiger partial charge in [0.2, 0.25) is 0 Å². The third-order valence-electron chi connectivity index (χ3n) is 2.79. The molecule has 0 radical (unpaired) electrons. The topological polar surface area (TPSA) is 55.6 Å². The van der Waals surface area contributed by atoms with Gasteiger partial charge in [0, 0.05) is 24.0 Å². The second-order valence-corrected chi connectivity index (χ2v) is 5.06. The molecule has 0 saturated carbocycles. The van der Waals surface area contributed by atoms with E-state index in [1.807, 2.05) is 31.7 Å². The van der Waals surface area contributed by atoms with Crippen LogP contribution in [0.5, 0.6) is 0 Å². The van der Waals surface area contributed by atoms with Crippen molar-refractivity contribution in [2.24, 2.45) is 7.05 Å². The van der Waals surface area contributed by atoms with Crippen molar-refractivity contribution in [2.75, 3.05) is 5.32 Å². The molecule has 3 heterocycles. The molecule has 0 aliphatic rings. The smallest absolute Gasteiger partial charge is 0.157 e. The van der Waals surface area contributed by atoms with Gasteiger partial charge in [0.1, 0.15) is 5.01 Å². The highest BCUT2D eigenvalue weighted by Crippen LogP contribution is 2.19. The second kappa shape index (κ2) is 4.38. The number of hydrogen-bond acceptors (Lipinski definition) is 5. The molecular weight excluding hydrogens is 246 g/mol. The van der Waals surface area contributed by atoms with Crippen LogP contribution in [0.1, 0.15) is 10.7 Å². The normalized spacial score (nSPS) is 11.0. The quantitative estimate of drug-likeness (QED) is 0.784. The first-order valence-electron chi connectivity index (χ1n) is 5.65. The first-order valence-corrected chi connectivity index (χ1v) is 6.53. The lowest BCUT2D eigenvalue weighted by Crippen LogP contribution is -1.99. The Hall–Kier alpha value is -1.95. The fourth-order valence-electron chi connectivity index (χ4n) is 1.92. The van der Waals surface area contributed by atoms with E-state index in [2.05, 4.69) is 26.4 Å². The molecule has 0 aliphatic carbocycles. The van der Waals surface area contributed by atoms with Crippen molar-refractivity contribution in [3.8, 4) is 0 Å². The standard InChI is InChI=1S/C12H13N5S/c1-8-10-5-9(6-15-12(10)17(2)16-8)14-7-11-13-3-4-18-11/h3-6,14H,7H2,1-2H3. The highest BCUT2D eigenvalue weighted by molar-refractivity contribution is 7.09. The van der Waals surface area contributed by atoms with Crippen molar-refractivity contribution >= 4 is 28.1 Å². The summed E-state index contributed by atoms with van der Waals surface area (Å²) in [6.07, 6.45) is 3.64. The molecule has 0 saturated heterocycles. The van der Waals surface area contributed by atoms with E-state index in [0.717, 1.165) is 34.0 Å². The Morgan fingerprint density at radius 3 is 3.06 bits per heavy atom. The lowest BCUT2D eigenvalue weighted by molar-refractivity contribution is 0.774. The van der Waals surface area contributed by atoms with Crippen LogP contribution in [0, 0.1) is 6.92 Å². The number of rotatable bonds is 3. The minimum absolute atomic E-state index is 0.726. The average Bonchev–Trinajstić information content (AvgIpc) is 2.97. The van der Waals surface area contributed by atoms with Gasteiger partial charge in [-0.25, -0.2) is 9.97 Å². The number of aromatic nitrogens is 4. The van der Waals surface area contributed by atoms with Gasteiger partial charge in [-0.2, -0.15) is 5.10 Å². The van der Waals surface area contributed by atoms with Gasteiger partial charge in [-0.3, -0.25) is 4.68 Å². The summed E-state index contributed by atoms with van der Waals surface area (Å²) in [6.45, 7) is 2.72. The number of fused-ring (bicyclic) bond motifs is 1. The molecular formula is C12H13N5S. The molecule has 18 heavy (non-hydrogen) atoms. The number of anilines is 1. The van der Waals surface area contributed by atoms with E-state index in [1.165, 1.54) is 0 Å². The van der Waals surface area contributed by atoms with Crippen LogP contribution in [0.4, 0.5) is 5.69 Å². The highest BCUT2D eigenvalue weighted by atomic mass is 32.1. The van der Waals surface area contributed by atoms with Gasteiger partial charge in [-0.15, -0.1) is 11.3 Å². The van der Waals surface area contributed by atoms with Crippen LogP contribution in [0.15, 0.2) is 23.8 Å². The van der Waals surface area contributed by atoms with Gasteiger partial charge in [-0.1, -0.05) is 0 Å². The molecule has 3 rings (SSSR count). The third-order valence-corrected chi connectivity index (χ3v) is 3.57. The van der Waals surface area contributed by atoms with Gasteiger partial charge in [0.25, 0.3) is 0 Å². The number of thiazole rings is 1. The number of nitrogens with one attached hydrogen (secondary N) is 1. The van der Waals surface area contributed by atoms with Gasteiger partial charge in [0.05, 0.1) is 24.1 Å². The van der Waals surface area contributed by atoms with Crippen LogP contribution in [-0.2, 0) is 13.6 Å².